The summed E-state index contributed by atoms with van der Waals surface area (Å²) in [4.78, 5) is 4.72. The van der Waals surface area contributed by atoms with Crippen molar-refractivity contribution in [3.05, 3.63) is 138 Å². The molecule has 1 atom stereocenters. The van der Waals surface area contributed by atoms with Crippen molar-refractivity contribution in [3.8, 4) is 5.75 Å². The molecule has 4 nitrogen and oxygen atoms in total. The third-order valence-electron chi connectivity index (χ3n) is 6.59. The first-order valence-electron chi connectivity index (χ1n) is 12.1. The first-order chi connectivity index (χ1) is 17.8. The second-order valence-electron chi connectivity index (χ2n) is 8.89. The summed E-state index contributed by atoms with van der Waals surface area (Å²) in [5.41, 5.74) is 5.92. The molecule has 0 radical (unpaired) electrons. The van der Waals surface area contributed by atoms with Crippen LogP contribution in [0.3, 0.4) is 0 Å². The number of nitrogens with zero attached hydrogens (tertiary/aromatic N) is 3. The minimum absolute atomic E-state index is 0.128. The molecular weight excluding hydrogens is 442 g/mol. The molecule has 5 aromatic rings. The summed E-state index contributed by atoms with van der Waals surface area (Å²) in [5.74, 6) is 0.220. The average molecular weight is 468 g/mol. The van der Waals surface area contributed by atoms with Crippen LogP contribution in [0.25, 0.3) is 10.8 Å². The molecule has 0 bridgehead atoms. The summed E-state index contributed by atoms with van der Waals surface area (Å²) < 4.78 is 0. The molecule has 1 aliphatic heterocycles. The molecule has 4 heteroatoms. The Labute approximate surface area is 210 Å². The molecule has 1 aliphatic rings. The van der Waals surface area contributed by atoms with E-state index in [2.05, 4.69) is 53.5 Å². The van der Waals surface area contributed by atoms with Crippen molar-refractivity contribution < 1.29 is 5.11 Å². The van der Waals surface area contributed by atoms with Gasteiger partial charge in [0.25, 0.3) is 0 Å². The van der Waals surface area contributed by atoms with Crippen LogP contribution in [0.15, 0.2) is 131 Å². The standard InChI is InChI=1S/C32H25N3O/c36-32-19-18-23-10-7-8-17-28(23)29(32)22-33-26-14-9-13-25(20-26)30-21-31(24-11-3-1-4-12-24)35(34-30)27-15-5-2-6-16-27/h1-20,22,31,36H,21H2. The van der Waals surface area contributed by atoms with Gasteiger partial charge in [-0.15, -0.1) is 0 Å². The maximum Gasteiger partial charge on any atom is 0.124 e. The molecule has 0 aromatic heterocycles. The van der Waals surface area contributed by atoms with E-state index < -0.39 is 0 Å². The molecule has 1 unspecified atom stereocenters. The second-order valence-corrected chi connectivity index (χ2v) is 8.89. The molecule has 0 spiro atoms. The number of hydrogen-bond acceptors (Lipinski definition) is 4. The Hall–Kier alpha value is -4.70. The van der Waals surface area contributed by atoms with Gasteiger partial charge < -0.3 is 5.11 Å². The van der Waals surface area contributed by atoms with E-state index in [1.54, 1.807) is 12.3 Å². The Bertz CT molecular complexity index is 1580. The number of hydrogen-bond donors (Lipinski definition) is 1. The van der Waals surface area contributed by atoms with Crippen LogP contribution in [-0.2, 0) is 0 Å². The lowest BCUT2D eigenvalue weighted by Crippen LogP contribution is -2.18. The highest BCUT2D eigenvalue weighted by Gasteiger charge is 2.29. The highest BCUT2D eigenvalue weighted by Crippen LogP contribution is 2.37. The fraction of sp³-hybridized carbons (Fsp3) is 0.0625. The molecule has 36 heavy (non-hydrogen) atoms. The third kappa shape index (κ3) is 4.25. The van der Waals surface area contributed by atoms with E-state index in [0.29, 0.717) is 0 Å². The van der Waals surface area contributed by atoms with Crippen LogP contribution in [0.1, 0.15) is 29.2 Å². The van der Waals surface area contributed by atoms with E-state index in [1.807, 2.05) is 66.7 Å². The molecule has 1 N–H and O–H groups in total. The quantitative estimate of drug-likeness (QED) is 0.270. The largest absolute Gasteiger partial charge is 0.507 e. The van der Waals surface area contributed by atoms with E-state index >= 15 is 0 Å². The summed E-state index contributed by atoms with van der Waals surface area (Å²) in [6.45, 7) is 0. The van der Waals surface area contributed by atoms with Gasteiger partial charge in [-0.3, -0.25) is 10.0 Å². The molecule has 0 aliphatic carbocycles. The molecule has 5 aromatic carbocycles. The van der Waals surface area contributed by atoms with E-state index in [1.165, 1.54) is 5.56 Å². The van der Waals surface area contributed by atoms with Gasteiger partial charge in [0.15, 0.2) is 0 Å². The topological polar surface area (TPSA) is 48.2 Å². The fourth-order valence-corrected chi connectivity index (χ4v) is 4.76. The SMILES string of the molecule is Oc1ccc2ccccc2c1C=Nc1cccc(C2=NN(c3ccccc3)C(c3ccccc3)C2)c1. The normalized spacial score (nSPS) is 15.5. The Morgan fingerprint density at radius 3 is 2.36 bits per heavy atom. The van der Waals surface area contributed by atoms with Crippen molar-refractivity contribution in [1.82, 2.24) is 0 Å². The summed E-state index contributed by atoms with van der Waals surface area (Å²) in [6, 6.07) is 40.7. The van der Waals surface area contributed by atoms with Crippen LogP contribution < -0.4 is 5.01 Å². The van der Waals surface area contributed by atoms with Crippen molar-refractivity contribution in [2.24, 2.45) is 10.1 Å². The lowest BCUT2D eigenvalue weighted by Gasteiger charge is -2.23. The minimum atomic E-state index is 0.128. The van der Waals surface area contributed by atoms with E-state index in [9.17, 15) is 5.11 Å². The third-order valence-corrected chi connectivity index (χ3v) is 6.59. The molecule has 0 saturated heterocycles. The zero-order valence-corrected chi connectivity index (χ0v) is 19.7. The number of fused-ring (bicyclic) bond motifs is 1. The molecule has 0 saturated carbocycles. The summed E-state index contributed by atoms with van der Waals surface area (Å²) in [7, 11) is 0. The number of phenols is 1. The first kappa shape index (κ1) is 21.8. The highest BCUT2D eigenvalue weighted by molar-refractivity contribution is 6.05. The first-order valence-corrected chi connectivity index (χ1v) is 12.1. The summed E-state index contributed by atoms with van der Waals surface area (Å²) in [6.07, 6.45) is 2.55. The molecule has 1 heterocycles. The van der Waals surface area contributed by atoms with E-state index in [-0.39, 0.29) is 11.8 Å². The number of anilines is 1. The average Bonchev–Trinajstić information content (AvgIpc) is 3.39. The number of para-hydroxylation sites is 1. The maximum atomic E-state index is 10.5. The molecular formula is C32H25N3O. The molecule has 0 fully saturated rings. The number of hydrazone groups is 1. The predicted molar refractivity (Wildman–Crippen MR) is 149 cm³/mol. The Kier molecular flexibility index (Phi) is 5.76. The molecule has 0 amide bonds. The summed E-state index contributed by atoms with van der Waals surface area (Å²) >= 11 is 0. The second kappa shape index (κ2) is 9.51. The zero-order chi connectivity index (χ0) is 24.3. The number of benzene rings is 5. The van der Waals surface area contributed by atoms with Crippen LogP contribution in [0.2, 0.25) is 0 Å². The van der Waals surface area contributed by atoms with Gasteiger partial charge >= 0.3 is 0 Å². The molecule has 6 rings (SSSR count). The van der Waals surface area contributed by atoms with Gasteiger partial charge in [0.1, 0.15) is 5.75 Å². The van der Waals surface area contributed by atoms with Crippen molar-refractivity contribution in [3.63, 3.8) is 0 Å². The van der Waals surface area contributed by atoms with Crippen molar-refractivity contribution in [2.75, 3.05) is 5.01 Å². The lowest BCUT2D eigenvalue weighted by molar-refractivity contribution is 0.475. The van der Waals surface area contributed by atoms with Crippen LogP contribution in [0.4, 0.5) is 11.4 Å². The molecule has 174 valence electrons. The zero-order valence-electron chi connectivity index (χ0n) is 19.7. The fourth-order valence-electron chi connectivity index (χ4n) is 4.76. The number of rotatable bonds is 5. The van der Waals surface area contributed by atoms with Crippen molar-refractivity contribution >= 4 is 34.1 Å². The predicted octanol–water partition coefficient (Wildman–Crippen LogP) is 7.65. The highest BCUT2D eigenvalue weighted by atomic mass is 16.3. The summed E-state index contributed by atoms with van der Waals surface area (Å²) in [5, 5.41) is 19.7. The van der Waals surface area contributed by atoms with Gasteiger partial charge in [0.05, 0.1) is 23.1 Å². The van der Waals surface area contributed by atoms with Crippen LogP contribution in [-0.4, -0.2) is 17.0 Å². The number of phenolic OH excluding ortho intramolecular Hbond substituents is 1. The smallest absolute Gasteiger partial charge is 0.124 e. The Morgan fingerprint density at radius 1 is 0.778 bits per heavy atom. The van der Waals surface area contributed by atoms with Gasteiger partial charge in [-0.05, 0) is 52.2 Å². The van der Waals surface area contributed by atoms with Gasteiger partial charge in [0, 0.05) is 18.2 Å². The monoisotopic (exact) mass is 467 g/mol. The Morgan fingerprint density at radius 2 is 1.53 bits per heavy atom. The number of aromatic hydroxyl groups is 1. The van der Waals surface area contributed by atoms with Gasteiger partial charge in [0.2, 0.25) is 0 Å². The van der Waals surface area contributed by atoms with E-state index in [4.69, 9.17) is 10.1 Å². The lowest BCUT2D eigenvalue weighted by atomic mass is 9.98. The van der Waals surface area contributed by atoms with Crippen molar-refractivity contribution in [1.29, 1.82) is 0 Å². The van der Waals surface area contributed by atoms with Crippen molar-refractivity contribution in [2.45, 2.75) is 12.5 Å². The minimum Gasteiger partial charge on any atom is -0.507 e. The van der Waals surface area contributed by atoms with Gasteiger partial charge in [-0.1, -0.05) is 91.0 Å². The Balaban J connectivity index is 1.34. The maximum absolute atomic E-state index is 10.5. The van der Waals surface area contributed by atoms with E-state index in [0.717, 1.165) is 45.4 Å². The van der Waals surface area contributed by atoms with Crippen LogP contribution >= 0.6 is 0 Å². The van der Waals surface area contributed by atoms with Crippen LogP contribution in [0, 0.1) is 0 Å². The number of aliphatic imine (C=N–C) groups is 1. The van der Waals surface area contributed by atoms with Crippen LogP contribution in [0.5, 0.6) is 5.75 Å². The van der Waals surface area contributed by atoms with Gasteiger partial charge in [-0.2, -0.15) is 5.10 Å². The van der Waals surface area contributed by atoms with Gasteiger partial charge in [-0.25, -0.2) is 0 Å².